The van der Waals surface area contributed by atoms with Crippen LogP contribution in [0.3, 0.4) is 0 Å². The molecule has 0 spiro atoms. The normalized spacial score (nSPS) is 11.9. The van der Waals surface area contributed by atoms with Gasteiger partial charge in [0.25, 0.3) is 0 Å². The second-order valence-corrected chi connectivity index (χ2v) is 10.6. The summed E-state index contributed by atoms with van der Waals surface area (Å²) in [6.45, 7) is 0. The number of rotatable bonds is 3. The van der Waals surface area contributed by atoms with E-state index < -0.39 is 46.0 Å². The van der Waals surface area contributed by atoms with Gasteiger partial charge in [0.2, 0.25) is 0 Å². The second-order valence-electron chi connectivity index (χ2n) is 10.6. The number of phenolic OH excluding ortho intramolecular Hbond substituents is 8. The Bertz CT molecular complexity index is 2320. The van der Waals surface area contributed by atoms with Crippen molar-refractivity contribution in [2.24, 2.45) is 0 Å². The molecule has 0 amide bonds. The van der Waals surface area contributed by atoms with Gasteiger partial charge in [0.15, 0.2) is 46.0 Å². The summed E-state index contributed by atoms with van der Waals surface area (Å²) in [5.41, 5.74) is 3.01. The van der Waals surface area contributed by atoms with Crippen molar-refractivity contribution in [3.05, 3.63) is 60.9 Å². The molecule has 0 atom stereocenters. The van der Waals surface area contributed by atoms with Crippen molar-refractivity contribution in [1.82, 2.24) is 19.9 Å². The van der Waals surface area contributed by atoms with E-state index in [1.165, 1.54) is 36.4 Å². The molecule has 44 heavy (non-hydrogen) atoms. The van der Waals surface area contributed by atoms with Gasteiger partial charge in [0.1, 0.15) is 0 Å². The van der Waals surface area contributed by atoms with Crippen molar-refractivity contribution in [1.29, 1.82) is 0 Å². The van der Waals surface area contributed by atoms with Crippen LogP contribution in [0, 0.1) is 0 Å². The molecule has 0 fully saturated rings. The molecule has 0 aliphatic heterocycles. The molecule has 4 aromatic heterocycles. The highest BCUT2D eigenvalue weighted by Gasteiger charge is 2.30. The zero-order valence-corrected chi connectivity index (χ0v) is 22.4. The fourth-order valence-electron chi connectivity index (χ4n) is 6.18. The summed E-state index contributed by atoms with van der Waals surface area (Å²) in [4.78, 5) is 12.6. The van der Waals surface area contributed by atoms with Crippen molar-refractivity contribution in [2.75, 3.05) is 0 Å². The number of nitrogens with one attached hydrogen (secondary N) is 4. The smallest absolute Gasteiger partial charge is 0.169 e. The molecule has 218 valence electrons. The number of hydrogen-bond acceptors (Lipinski definition) is 8. The molecule has 0 saturated heterocycles. The summed E-state index contributed by atoms with van der Waals surface area (Å²) >= 11 is 0. The quantitative estimate of drug-likeness (QED) is 0.105. The number of aromatic hydroxyl groups is 8. The topological polar surface area (TPSA) is 225 Å². The highest BCUT2D eigenvalue weighted by atomic mass is 16.3. The Labute approximate surface area is 245 Å². The summed E-state index contributed by atoms with van der Waals surface area (Å²) in [5.74, 6) is -3.44. The maximum Gasteiger partial charge on any atom is 0.169 e. The van der Waals surface area contributed by atoms with Gasteiger partial charge in [-0.05, 0) is 36.4 Å². The molecule has 0 bridgehead atoms. The monoisotopic (exact) mass is 590 g/mol. The van der Waals surface area contributed by atoms with Crippen molar-refractivity contribution < 1.29 is 40.9 Å². The maximum atomic E-state index is 11.3. The van der Waals surface area contributed by atoms with E-state index in [9.17, 15) is 40.9 Å². The molecule has 0 unspecified atom stereocenters. The largest absolute Gasteiger partial charge is 0.504 e. The van der Waals surface area contributed by atoms with Gasteiger partial charge < -0.3 is 60.8 Å². The minimum absolute atomic E-state index is 0.156. The van der Waals surface area contributed by atoms with Crippen LogP contribution >= 0.6 is 0 Å². The van der Waals surface area contributed by atoms with Crippen LogP contribution in [0.1, 0.15) is 0 Å². The summed E-state index contributed by atoms with van der Waals surface area (Å²) in [5, 5.41) is 87.8. The predicted octanol–water partition coefficient (Wildman–Crippen LogP) is 6.26. The third kappa shape index (κ3) is 3.27. The minimum atomic E-state index is -0.463. The first kappa shape index (κ1) is 25.2. The van der Waals surface area contributed by atoms with Crippen molar-refractivity contribution in [2.45, 2.75) is 0 Å². The average molecular weight is 591 g/mol. The van der Waals surface area contributed by atoms with E-state index in [2.05, 4.69) is 19.9 Å². The molecule has 0 saturated carbocycles. The van der Waals surface area contributed by atoms with Crippen LogP contribution in [-0.4, -0.2) is 60.8 Å². The maximum absolute atomic E-state index is 11.3. The van der Waals surface area contributed by atoms with E-state index in [1.54, 1.807) is 24.5 Å². The Balaban J connectivity index is 1.62. The van der Waals surface area contributed by atoms with Crippen LogP contribution in [0.15, 0.2) is 60.9 Å². The fraction of sp³-hybridized carbons (Fsp3) is 0. The molecular weight excluding hydrogens is 568 g/mol. The fourth-order valence-corrected chi connectivity index (χ4v) is 6.18. The van der Waals surface area contributed by atoms with Gasteiger partial charge in [-0.15, -0.1) is 0 Å². The van der Waals surface area contributed by atoms with Gasteiger partial charge in [0.05, 0.1) is 44.6 Å². The van der Waals surface area contributed by atoms with Gasteiger partial charge in [-0.2, -0.15) is 0 Å². The highest BCUT2D eigenvalue weighted by Crippen LogP contribution is 2.54. The molecular formula is C32H22N4O8. The zero-order chi connectivity index (χ0) is 30.6. The van der Waals surface area contributed by atoms with Crippen molar-refractivity contribution in [3.8, 4) is 79.6 Å². The van der Waals surface area contributed by atoms with Gasteiger partial charge in [-0.3, -0.25) is 0 Å². The third-order valence-corrected chi connectivity index (χ3v) is 8.14. The summed E-state index contributed by atoms with van der Waals surface area (Å²) in [6.07, 6.45) is 3.27. The molecule has 12 heteroatoms. The van der Waals surface area contributed by atoms with Crippen LogP contribution < -0.4 is 0 Å². The Morgan fingerprint density at radius 3 is 1.20 bits per heavy atom. The third-order valence-electron chi connectivity index (χ3n) is 8.14. The Morgan fingerprint density at radius 1 is 0.409 bits per heavy atom. The zero-order valence-electron chi connectivity index (χ0n) is 22.4. The van der Waals surface area contributed by atoms with Gasteiger partial charge in [-0.1, -0.05) is 0 Å². The lowest BCUT2D eigenvalue weighted by Crippen LogP contribution is -1.90. The molecule has 12 nitrogen and oxygen atoms in total. The number of fused-ring (bicyclic) bond motifs is 4. The van der Waals surface area contributed by atoms with E-state index in [4.69, 9.17) is 0 Å². The van der Waals surface area contributed by atoms with Gasteiger partial charge in [-0.25, -0.2) is 0 Å². The minimum Gasteiger partial charge on any atom is -0.504 e. The Morgan fingerprint density at radius 2 is 0.795 bits per heavy atom. The van der Waals surface area contributed by atoms with Crippen LogP contribution in [0.25, 0.3) is 77.3 Å². The Kier molecular flexibility index (Phi) is 4.86. The predicted molar refractivity (Wildman–Crippen MR) is 163 cm³/mol. The average Bonchev–Trinajstić information content (AvgIpc) is 3.77. The molecule has 0 aliphatic rings. The van der Waals surface area contributed by atoms with E-state index in [-0.39, 0.29) is 22.5 Å². The molecule has 0 radical (unpaired) electrons. The second kappa shape index (κ2) is 8.49. The van der Waals surface area contributed by atoms with Crippen molar-refractivity contribution >= 4 is 43.6 Å². The lowest BCUT2D eigenvalue weighted by Gasteiger charge is -2.14. The number of aromatic amines is 4. The number of H-pyrrole nitrogens is 4. The van der Waals surface area contributed by atoms with Crippen LogP contribution in [0.5, 0.6) is 46.0 Å². The number of aromatic nitrogens is 4. The molecule has 8 aromatic rings. The molecule has 4 aromatic carbocycles. The number of phenols is 8. The SMILES string of the molecule is Oc1cc2[nH]c(-c3c(O)c(O)cc4cc[nH]c34)c(-c3c(-c4c(O)c(O)cc5cc[nH]c45)[nH]c4cc(O)c(O)cc34)c2cc1O. The highest BCUT2D eigenvalue weighted by molar-refractivity contribution is 6.19. The number of hydrogen-bond donors (Lipinski definition) is 12. The van der Waals surface area contributed by atoms with Crippen molar-refractivity contribution in [3.63, 3.8) is 0 Å². The first-order chi connectivity index (χ1) is 21.1. The van der Waals surface area contributed by atoms with E-state index >= 15 is 0 Å². The number of benzene rings is 4. The lowest BCUT2D eigenvalue weighted by molar-refractivity contribution is 0.405. The Hall–Kier alpha value is -6.56. The molecule has 12 N–H and O–H groups in total. The first-order valence-corrected chi connectivity index (χ1v) is 13.3. The van der Waals surface area contributed by atoms with Gasteiger partial charge in [0, 0.05) is 57.2 Å². The van der Waals surface area contributed by atoms with E-state index in [0.717, 1.165) is 0 Å². The molecule has 8 rings (SSSR count). The van der Waals surface area contributed by atoms with Gasteiger partial charge >= 0.3 is 0 Å². The summed E-state index contributed by atoms with van der Waals surface area (Å²) in [7, 11) is 0. The van der Waals surface area contributed by atoms with Crippen LogP contribution in [0.2, 0.25) is 0 Å². The molecule has 0 aliphatic carbocycles. The van der Waals surface area contributed by atoms with E-state index in [0.29, 0.717) is 54.7 Å². The van der Waals surface area contributed by atoms with E-state index in [1.807, 2.05) is 0 Å². The summed E-state index contributed by atoms with van der Waals surface area (Å²) in [6, 6.07) is 11.5. The van der Waals surface area contributed by atoms with Crippen LogP contribution in [-0.2, 0) is 0 Å². The van der Waals surface area contributed by atoms with Crippen LogP contribution in [0.4, 0.5) is 0 Å². The molecule has 4 heterocycles. The lowest BCUT2D eigenvalue weighted by atomic mass is 9.91. The standard InChI is InChI=1S/C32H22N4O8/c37-17-7-13-15(9-19(17)39)35-29(25-27-11(1-3-33-27)5-21(41)31(25)43)23(13)24-14-8-18(38)20(40)10-16(14)36-30(24)26-28-12(2-4-34-28)6-22(42)32(26)44/h1-10,33-44H. The summed E-state index contributed by atoms with van der Waals surface area (Å²) < 4.78 is 0. The first-order valence-electron chi connectivity index (χ1n) is 13.3.